The summed E-state index contributed by atoms with van der Waals surface area (Å²) >= 11 is 0. The summed E-state index contributed by atoms with van der Waals surface area (Å²) in [5.74, 6) is 3.25. The molecule has 5 rings (SSSR count). The van der Waals surface area contributed by atoms with Gasteiger partial charge in [0.15, 0.2) is 0 Å². The Balaban J connectivity index is 0.000000730. The van der Waals surface area contributed by atoms with Gasteiger partial charge in [0.05, 0.1) is 0 Å². The Labute approximate surface area is 188 Å². The Morgan fingerprint density at radius 1 is 0.419 bits per heavy atom. The van der Waals surface area contributed by atoms with Crippen LogP contribution in [0.2, 0.25) is 0 Å². The lowest BCUT2D eigenvalue weighted by Crippen LogP contribution is -1.88. The van der Waals surface area contributed by atoms with E-state index in [1.165, 1.54) is 0 Å². The van der Waals surface area contributed by atoms with Crippen LogP contribution in [-0.2, 0) is 4.12 Å². The summed E-state index contributed by atoms with van der Waals surface area (Å²) in [7, 11) is 1.86. The number of hydrogen-bond acceptors (Lipinski definition) is 3. The Kier molecular flexibility index (Phi) is 6.79. The predicted octanol–water partition coefficient (Wildman–Crippen LogP) is 5.14. The van der Waals surface area contributed by atoms with Crippen LogP contribution in [0.3, 0.4) is 0 Å². The number of rotatable bonds is 4. The number of fused-ring (bicyclic) bond motifs is 2. The van der Waals surface area contributed by atoms with Crippen molar-refractivity contribution in [2.24, 2.45) is 0 Å². The van der Waals surface area contributed by atoms with Gasteiger partial charge < -0.3 is 13.6 Å². The molecule has 5 aromatic rings. The SMILES string of the molecule is [SiH3]O[SiH3].c1ccc2c(Oc3ccc(Oc4cccc5ccccc45)cc3)cccc2c1. The lowest BCUT2D eigenvalue weighted by Gasteiger charge is -2.11. The van der Waals surface area contributed by atoms with E-state index in [9.17, 15) is 0 Å². The molecule has 0 aliphatic carbocycles. The smallest absolute Gasteiger partial charge is 0.135 e. The van der Waals surface area contributed by atoms with E-state index in [2.05, 4.69) is 40.5 Å². The minimum Gasteiger partial charge on any atom is -0.471 e. The Bertz CT molecular complexity index is 1180. The average Bonchev–Trinajstić information content (AvgIpc) is 2.81. The first kappa shape index (κ1) is 20.9. The van der Waals surface area contributed by atoms with Crippen LogP contribution in [0.15, 0.2) is 109 Å². The molecule has 5 aromatic carbocycles. The molecule has 0 spiro atoms. The summed E-state index contributed by atoms with van der Waals surface area (Å²) in [5.41, 5.74) is 0. The summed E-state index contributed by atoms with van der Waals surface area (Å²) in [5, 5.41) is 4.52. The third-order valence-corrected chi connectivity index (χ3v) is 4.78. The third-order valence-electron chi connectivity index (χ3n) is 4.78. The molecule has 0 atom stereocenters. The van der Waals surface area contributed by atoms with Crippen molar-refractivity contribution < 1.29 is 13.6 Å². The highest BCUT2D eigenvalue weighted by Gasteiger charge is 2.05. The van der Waals surface area contributed by atoms with Gasteiger partial charge in [0.2, 0.25) is 0 Å². The summed E-state index contributed by atoms with van der Waals surface area (Å²) in [6, 6.07) is 36.3. The van der Waals surface area contributed by atoms with Crippen molar-refractivity contribution in [3.63, 3.8) is 0 Å². The van der Waals surface area contributed by atoms with E-state index in [-0.39, 0.29) is 0 Å². The standard InChI is InChI=1S/C26H18O2.H6OSi2/c1-3-11-23-19(7-1)9-5-13-25(23)27-21-15-17-22(18-16-21)28-26-14-6-10-20-8-2-4-12-24(20)26;2-1-3/h1-18H;2-3H3. The van der Waals surface area contributed by atoms with E-state index >= 15 is 0 Å². The molecule has 31 heavy (non-hydrogen) atoms. The molecule has 0 fully saturated rings. The number of hydrogen-bond donors (Lipinski definition) is 0. The van der Waals surface area contributed by atoms with Crippen molar-refractivity contribution in [1.29, 1.82) is 0 Å². The molecule has 0 saturated heterocycles. The van der Waals surface area contributed by atoms with Crippen LogP contribution in [0.25, 0.3) is 21.5 Å². The summed E-state index contributed by atoms with van der Waals surface area (Å²) < 4.78 is 16.8. The van der Waals surface area contributed by atoms with Crippen molar-refractivity contribution >= 4 is 42.5 Å². The largest absolute Gasteiger partial charge is 0.471 e. The van der Waals surface area contributed by atoms with E-state index in [0.29, 0.717) is 0 Å². The first-order chi connectivity index (χ1) is 15.3. The van der Waals surface area contributed by atoms with E-state index in [1.54, 1.807) is 0 Å². The van der Waals surface area contributed by atoms with Crippen LogP contribution >= 0.6 is 0 Å². The summed E-state index contributed by atoms with van der Waals surface area (Å²) in [6.07, 6.45) is 0. The molecular weight excluding hydrogens is 416 g/mol. The average molecular weight is 441 g/mol. The van der Waals surface area contributed by atoms with Gasteiger partial charge in [0.25, 0.3) is 0 Å². The lowest BCUT2D eigenvalue weighted by atomic mass is 10.1. The highest BCUT2D eigenvalue weighted by Crippen LogP contribution is 2.33. The fourth-order valence-corrected chi connectivity index (χ4v) is 3.40. The molecule has 0 bridgehead atoms. The van der Waals surface area contributed by atoms with Crippen LogP contribution in [-0.4, -0.2) is 21.0 Å². The summed E-state index contributed by atoms with van der Waals surface area (Å²) in [4.78, 5) is 0. The molecule has 0 aliphatic heterocycles. The van der Waals surface area contributed by atoms with Gasteiger partial charge in [-0.2, -0.15) is 0 Å². The van der Waals surface area contributed by atoms with Crippen molar-refractivity contribution in [2.75, 3.05) is 0 Å². The predicted molar refractivity (Wildman–Crippen MR) is 135 cm³/mol. The van der Waals surface area contributed by atoms with E-state index < -0.39 is 0 Å². The van der Waals surface area contributed by atoms with E-state index in [1.807, 2.05) is 72.8 Å². The van der Waals surface area contributed by atoms with Gasteiger partial charge in [-0.25, -0.2) is 0 Å². The molecule has 0 aromatic heterocycles. The summed E-state index contributed by atoms with van der Waals surface area (Å²) in [6.45, 7) is 0. The third kappa shape index (κ3) is 5.03. The Morgan fingerprint density at radius 2 is 0.774 bits per heavy atom. The maximum atomic E-state index is 6.11. The van der Waals surface area contributed by atoms with Gasteiger partial charge in [0.1, 0.15) is 44.0 Å². The van der Waals surface area contributed by atoms with Gasteiger partial charge >= 0.3 is 0 Å². The molecule has 0 aliphatic rings. The van der Waals surface area contributed by atoms with Crippen LogP contribution < -0.4 is 9.47 Å². The first-order valence-electron chi connectivity index (χ1n) is 10.1. The minimum atomic E-state index is 0.779. The molecule has 0 saturated carbocycles. The lowest BCUT2D eigenvalue weighted by molar-refractivity contribution is 0.475. The van der Waals surface area contributed by atoms with Crippen LogP contribution in [0.5, 0.6) is 23.0 Å². The van der Waals surface area contributed by atoms with E-state index in [0.717, 1.165) is 65.5 Å². The number of benzene rings is 5. The quantitative estimate of drug-likeness (QED) is 0.362. The van der Waals surface area contributed by atoms with Crippen molar-refractivity contribution in [2.45, 2.75) is 0 Å². The molecule has 5 heteroatoms. The monoisotopic (exact) mass is 440 g/mol. The van der Waals surface area contributed by atoms with Crippen LogP contribution in [0, 0.1) is 0 Å². The van der Waals surface area contributed by atoms with Gasteiger partial charge in [-0.3, -0.25) is 0 Å². The van der Waals surface area contributed by atoms with Crippen molar-refractivity contribution in [1.82, 2.24) is 0 Å². The minimum absolute atomic E-state index is 0.779. The second kappa shape index (κ2) is 10.1. The molecule has 3 nitrogen and oxygen atoms in total. The maximum absolute atomic E-state index is 6.11. The van der Waals surface area contributed by atoms with Gasteiger partial charge in [0, 0.05) is 10.8 Å². The molecule has 0 amide bonds. The highest BCUT2D eigenvalue weighted by atomic mass is 28.3. The topological polar surface area (TPSA) is 27.7 Å². The highest BCUT2D eigenvalue weighted by molar-refractivity contribution is 6.15. The first-order valence-corrected chi connectivity index (χ1v) is 11.7. The van der Waals surface area contributed by atoms with E-state index in [4.69, 9.17) is 9.47 Å². The van der Waals surface area contributed by atoms with Gasteiger partial charge in [-0.15, -0.1) is 0 Å². The zero-order chi connectivity index (χ0) is 21.5. The van der Waals surface area contributed by atoms with Gasteiger partial charge in [-0.05, 0) is 47.2 Å². The maximum Gasteiger partial charge on any atom is 0.135 e. The number of ether oxygens (including phenoxy) is 2. The fourth-order valence-electron chi connectivity index (χ4n) is 3.40. The second-order valence-corrected chi connectivity index (χ2v) is 10.3. The van der Waals surface area contributed by atoms with Gasteiger partial charge in [-0.1, -0.05) is 72.8 Å². The molecule has 0 heterocycles. The van der Waals surface area contributed by atoms with Crippen LogP contribution in [0.4, 0.5) is 0 Å². The van der Waals surface area contributed by atoms with Crippen molar-refractivity contribution in [3.05, 3.63) is 109 Å². The molecular formula is C26H24O3Si2. The molecule has 154 valence electrons. The molecule has 0 radical (unpaired) electrons. The fraction of sp³-hybridized carbons (Fsp3) is 0. The van der Waals surface area contributed by atoms with Crippen molar-refractivity contribution in [3.8, 4) is 23.0 Å². The zero-order valence-corrected chi connectivity index (χ0v) is 21.6. The second-order valence-electron chi connectivity index (χ2n) is 7.04. The zero-order valence-electron chi connectivity index (χ0n) is 17.6. The Morgan fingerprint density at radius 3 is 1.19 bits per heavy atom. The Hall–Kier alpha value is -3.39. The molecule has 0 N–H and O–H groups in total. The molecule has 0 unspecified atom stereocenters. The normalized spacial score (nSPS) is 10.6. The van der Waals surface area contributed by atoms with Crippen LogP contribution in [0.1, 0.15) is 0 Å².